The zero-order chi connectivity index (χ0) is 17.6. The van der Waals surface area contributed by atoms with Crippen molar-refractivity contribution in [1.82, 2.24) is 16.0 Å². The molecule has 3 aliphatic rings. The lowest BCUT2D eigenvalue weighted by atomic mass is 9.85. The fraction of sp³-hybridized carbons (Fsp3) is 0.895. The van der Waals surface area contributed by atoms with E-state index in [1.807, 2.05) is 0 Å². The van der Waals surface area contributed by atoms with E-state index < -0.39 is 0 Å². The topological polar surface area (TPSA) is 90.5 Å². The van der Waals surface area contributed by atoms with Crippen molar-refractivity contribution < 1.29 is 14.7 Å². The van der Waals surface area contributed by atoms with Crippen LogP contribution in [0.25, 0.3) is 0 Å². The highest BCUT2D eigenvalue weighted by molar-refractivity contribution is 5.79. The summed E-state index contributed by atoms with van der Waals surface area (Å²) < 4.78 is 0. The lowest BCUT2D eigenvalue weighted by Crippen LogP contribution is -2.42. The fourth-order valence-corrected chi connectivity index (χ4v) is 4.57. The predicted molar refractivity (Wildman–Crippen MR) is 95.8 cm³/mol. The number of aliphatic hydroxyl groups is 1. The summed E-state index contributed by atoms with van der Waals surface area (Å²) in [6.07, 6.45) is 8.72. The van der Waals surface area contributed by atoms with E-state index in [1.54, 1.807) is 0 Å². The second-order valence-corrected chi connectivity index (χ2v) is 8.20. The van der Waals surface area contributed by atoms with Gasteiger partial charge in [0, 0.05) is 43.9 Å². The number of rotatable bonds is 6. The first kappa shape index (κ1) is 18.6. The van der Waals surface area contributed by atoms with Gasteiger partial charge >= 0.3 is 0 Å². The van der Waals surface area contributed by atoms with Gasteiger partial charge in [-0.3, -0.25) is 9.59 Å². The summed E-state index contributed by atoms with van der Waals surface area (Å²) in [5, 5.41) is 19.1. The highest BCUT2D eigenvalue weighted by Gasteiger charge is 2.30. The quantitative estimate of drug-likeness (QED) is 0.573. The van der Waals surface area contributed by atoms with E-state index in [4.69, 9.17) is 0 Å². The summed E-state index contributed by atoms with van der Waals surface area (Å²) >= 11 is 0. The van der Waals surface area contributed by atoms with Crippen molar-refractivity contribution in [1.29, 1.82) is 0 Å². The summed E-state index contributed by atoms with van der Waals surface area (Å²) in [5.74, 6) is 1.06. The maximum atomic E-state index is 12.3. The summed E-state index contributed by atoms with van der Waals surface area (Å²) in [4.78, 5) is 24.5. The highest BCUT2D eigenvalue weighted by atomic mass is 16.3. The zero-order valence-electron chi connectivity index (χ0n) is 15.1. The lowest BCUT2D eigenvalue weighted by Gasteiger charge is -2.29. The Kier molecular flexibility index (Phi) is 6.70. The van der Waals surface area contributed by atoms with Crippen LogP contribution in [0.15, 0.2) is 0 Å². The van der Waals surface area contributed by atoms with Crippen LogP contribution in [0.5, 0.6) is 0 Å². The van der Waals surface area contributed by atoms with Crippen molar-refractivity contribution in [2.45, 2.75) is 69.9 Å². The van der Waals surface area contributed by atoms with E-state index in [0.717, 1.165) is 32.2 Å². The van der Waals surface area contributed by atoms with Crippen molar-refractivity contribution in [2.24, 2.45) is 17.8 Å². The molecule has 2 saturated carbocycles. The molecule has 0 bridgehead atoms. The Bertz CT molecular complexity index is 457. The third-order valence-corrected chi connectivity index (χ3v) is 6.25. The summed E-state index contributed by atoms with van der Waals surface area (Å²) in [6, 6.07) is 0.235. The Labute approximate surface area is 150 Å². The number of amides is 2. The second-order valence-electron chi connectivity index (χ2n) is 8.20. The fourth-order valence-electron chi connectivity index (χ4n) is 4.57. The van der Waals surface area contributed by atoms with Crippen molar-refractivity contribution in [2.75, 3.05) is 19.6 Å². The Morgan fingerprint density at radius 2 is 1.72 bits per heavy atom. The highest BCUT2D eigenvalue weighted by Crippen LogP contribution is 2.28. The second kappa shape index (κ2) is 8.99. The van der Waals surface area contributed by atoms with Gasteiger partial charge in [0.1, 0.15) is 0 Å². The number of nitrogens with one attached hydrogen (secondary N) is 3. The van der Waals surface area contributed by atoms with Gasteiger partial charge in [-0.2, -0.15) is 0 Å². The molecule has 3 rings (SSSR count). The van der Waals surface area contributed by atoms with Crippen LogP contribution in [0, 0.1) is 17.8 Å². The molecule has 2 aliphatic carbocycles. The summed E-state index contributed by atoms with van der Waals surface area (Å²) in [7, 11) is 0. The lowest BCUT2D eigenvalue weighted by molar-refractivity contribution is -0.126. The smallest absolute Gasteiger partial charge is 0.223 e. The van der Waals surface area contributed by atoms with Crippen molar-refractivity contribution >= 4 is 11.8 Å². The van der Waals surface area contributed by atoms with Gasteiger partial charge in [0.05, 0.1) is 6.10 Å². The average molecular weight is 351 g/mol. The van der Waals surface area contributed by atoms with Gasteiger partial charge in [-0.1, -0.05) is 12.8 Å². The third kappa shape index (κ3) is 5.42. The maximum Gasteiger partial charge on any atom is 0.223 e. The molecule has 1 aliphatic heterocycles. The number of aliphatic hydroxyl groups excluding tert-OH is 1. The maximum absolute atomic E-state index is 12.3. The van der Waals surface area contributed by atoms with Crippen molar-refractivity contribution in [3.63, 3.8) is 0 Å². The van der Waals surface area contributed by atoms with Gasteiger partial charge in [0.25, 0.3) is 0 Å². The first-order valence-corrected chi connectivity index (χ1v) is 10.1. The molecule has 2 unspecified atom stereocenters. The molecule has 0 radical (unpaired) electrons. The molecule has 142 valence electrons. The van der Waals surface area contributed by atoms with Gasteiger partial charge < -0.3 is 21.1 Å². The third-order valence-electron chi connectivity index (χ3n) is 6.25. The molecule has 4 N–H and O–H groups in total. The largest absolute Gasteiger partial charge is 0.391 e. The van der Waals surface area contributed by atoms with E-state index in [-0.39, 0.29) is 35.8 Å². The zero-order valence-corrected chi connectivity index (χ0v) is 15.1. The first-order valence-electron chi connectivity index (χ1n) is 10.1. The average Bonchev–Trinajstić information content (AvgIpc) is 3.25. The van der Waals surface area contributed by atoms with E-state index >= 15 is 0 Å². The molecule has 2 amide bonds. The monoisotopic (exact) mass is 351 g/mol. The van der Waals surface area contributed by atoms with Gasteiger partial charge in [0.2, 0.25) is 11.8 Å². The number of hydrogen-bond acceptors (Lipinski definition) is 4. The van der Waals surface area contributed by atoms with Crippen LogP contribution in [0.4, 0.5) is 0 Å². The number of hydrogen-bond donors (Lipinski definition) is 4. The molecular weight excluding hydrogens is 318 g/mol. The number of carbonyl (C=O) groups excluding carboxylic acids is 2. The van der Waals surface area contributed by atoms with Crippen LogP contribution in [-0.4, -0.2) is 48.7 Å². The minimum Gasteiger partial charge on any atom is -0.391 e. The molecule has 6 heteroatoms. The number of β-amino-alcohol motifs (C(OH)–C–C–N with tert-alkyl or cyclic N) is 1. The molecule has 0 spiro atoms. The normalized spacial score (nSPS) is 33.3. The summed E-state index contributed by atoms with van der Waals surface area (Å²) in [5.41, 5.74) is 0. The van der Waals surface area contributed by atoms with Crippen LogP contribution < -0.4 is 16.0 Å². The molecule has 3 fully saturated rings. The molecule has 6 nitrogen and oxygen atoms in total. The molecule has 1 heterocycles. The Hall–Kier alpha value is -1.14. The van der Waals surface area contributed by atoms with Crippen LogP contribution in [0.3, 0.4) is 0 Å². The van der Waals surface area contributed by atoms with Crippen molar-refractivity contribution in [3.8, 4) is 0 Å². The predicted octanol–water partition coefficient (Wildman–Crippen LogP) is 0.938. The summed E-state index contributed by atoms with van der Waals surface area (Å²) in [6.45, 7) is 1.93. The van der Waals surface area contributed by atoms with Gasteiger partial charge in [0.15, 0.2) is 0 Å². The van der Waals surface area contributed by atoms with E-state index in [9.17, 15) is 14.7 Å². The Balaban J connectivity index is 1.32. The van der Waals surface area contributed by atoms with Gasteiger partial charge in [-0.15, -0.1) is 0 Å². The minimum atomic E-state index is -0.355. The van der Waals surface area contributed by atoms with Gasteiger partial charge in [-0.05, 0) is 44.4 Å². The van der Waals surface area contributed by atoms with Gasteiger partial charge in [-0.25, -0.2) is 0 Å². The van der Waals surface area contributed by atoms with Crippen LogP contribution in [0.1, 0.15) is 57.8 Å². The Morgan fingerprint density at radius 3 is 2.36 bits per heavy atom. The van der Waals surface area contributed by atoms with Crippen LogP contribution >= 0.6 is 0 Å². The standard InChI is InChI=1S/C19H33N3O3/c23-17-12-20-10-15(17)11-21-19(25)14-5-7-16(8-6-14)22-18(24)9-13-3-1-2-4-13/h13-17,20,23H,1-12H2,(H,21,25)(H,22,24). The molecule has 1 saturated heterocycles. The molecule has 0 aromatic rings. The molecular formula is C19H33N3O3. The van der Waals surface area contributed by atoms with Crippen molar-refractivity contribution in [3.05, 3.63) is 0 Å². The molecule has 0 aromatic heterocycles. The molecule has 25 heavy (non-hydrogen) atoms. The minimum absolute atomic E-state index is 0.0505. The van der Waals surface area contributed by atoms with Crippen LogP contribution in [-0.2, 0) is 9.59 Å². The first-order chi connectivity index (χ1) is 12.1. The van der Waals surface area contributed by atoms with Crippen LogP contribution in [0.2, 0.25) is 0 Å². The van der Waals surface area contributed by atoms with E-state index in [2.05, 4.69) is 16.0 Å². The van der Waals surface area contributed by atoms with E-state index in [1.165, 1.54) is 25.7 Å². The number of carbonyl (C=O) groups is 2. The Morgan fingerprint density at radius 1 is 1.00 bits per heavy atom. The van der Waals surface area contributed by atoms with E-state index in [0.29, 0.717) is 25.4 Å². The molecule has 0 aromatic carbocycles. The SMILES string of the molecule is O=C(CC1CCCC1)NC1CCC(C(=O)NCC2CNCC2O)CC1. The molecule has 2 atom stereocenters.